The lowest BCUT2D eigenvalue weighted by Gasteiger charge is -2.23. The standard InChI is InChI=1S/C14H18N2O/c1-11-5-4-6-12(9-15)14(11)16-10-13-7-2-3-8-17-13/h4-6,13,16H,2-3,7-8,10H2,1H3. The molecule has 0 bridgehead atoms. The fourth-order valence-corrected chi connectivity index (χ4v) is 2.18. The van der Waals surface area contributed by atoms with Gasteiger partial charge in [0.25, 0.3) is 0 Å². The van der Waals surface area contributed by atoms with E-state index in [4.69, 9.17) is 10.00 Å². The van der Waals surface area contributed by atoms with E-state index in [1.807, 2.05) is 25.1 Å². The zero-order valence-corrected chi connectivity index (χ0v) is 10.2. The van der Waals surface area contributed by atoms with Crippen LogP contribution in [0.15, 0.2) is 18.2 Å². The average molecular weight is 230 g/mol. The first-order valence-corrected chi connectivity index (χ1v) is 6.16. The van der Waals surface area contributed by atoms with Gasteiger partial charge in [-0.05, 0) is 37.8 Å². The molecule has 0 aliphatic carbocycles. The highest BCUT2D eigenvalue weighted by atomic mass is 16.5. The molecular weight excluding hydrogens is 212 g/mol. The fourth-order valence-electron chi connectivity index (χ4n) is 2.18. The molecule has 1 heterocycles. The van der Waals surface area contributed by atoms with Crippen LogP contribution in [0.2, 0.25) is 0 Å². The molecular formula is C14H18N2O. The van der Waals surface area contributed by atoms with Crippen LogP contribution in [0.3, 0.4) is 0 Å². The molecule has 0 spiro atoms. The number of ether oxygens (including phenoxy) is 1. The highest BCUT2D eigenvalue weighted by Gasteiger charge is 2.14. The third-order valence-corrected chi connectivity index (χ3v) is 3.17. The molecule has 1 aromatic carbocycles. The van der Waals surface area contributed by atoms with Crippen molar-refractivity contribution in [3.63, 3.8) is 0 Å². The van der Waals surface area contributed by atoms with Crippen molar-refractivity contribution in [3.8, 4) is 6.07 Å². The second-order valence-electron chi connectivity index (χ2n) is 4.48. The predicted molar refractivity (Wildman–Crippen MR) is 68.0 cm³/mol. The second kappa shape index (κ2) is 5.70. The molecule has 1 aromatic rings. The van der Waals surface area contributed by atoms with E-state index in [-0.39, 0.29) is 6.10 Å². The molecule has 0 saturated carbocycles. The van der Waals surface area contributed by atoms with E-state index >= 15 is 0 Å². The molecule has 0 radical (unpaired) electrons. The molecule has 2 rings (SSSR count). The SMILES string of the molecule is Cc1cccc(C#N)c1NCC1CCCCO1. The highest BCUT2D eigenvalue weighted by Crippen LogP contribution is 2.21. The fraction of sp³-hybridized carbons (Fsp3) is 0.500. The molecule has 1 fully saturated rings. The molecule has 3 nitrogen and oxygen atoms in total. The number of aryl methyl sites for hydroxylation is 1. The Labute approximate surface area is 102 Å². The Balaban J connectivity index is 2.00. The van der Waals surface area contributed by atoms with Crippen molar-refractivity contribution in [2.24, 2.45) is 0 Å². The first-order chi connectivity index (χ1) is 8.31. The normalized spacial score (nSPS) is 19.6. The van der Waals surface area contributed by atoms with Crippen molar-refractivity contribution < 1.29 is 4.74 Å². The lowest BCUT2D eigenvalue weighted by molar-refractivity contribution is 0.0247. The highest BCUT2D eigenvalue weighted by molar-refractivity contribution is 5.62. The molecule has 0 aromatic heterocycles. The van der Waals surface area contributed by atoms with Crippen molar-refractivity contribution in [2.45, 2.75) is 32.3 Å². The van der Waals surface area contributed by atoms with E-state index in [0.717, 1.165) is 30.8 Å². The zero-order chi connectivity index (χ0) is 12.1. The van der Waals surface area contributed by atoms with Gasteiger partial charge in [0, 0.05) is 13.2 Å². The summed E-state index contributed by atoms with van der Waals surface area (Å²) in [5, 5.41) is 12.4. The van der Waals surface area contributed by atoms with Crippen LogP contribution in [-0.2, 0) is 4.74 Å². The summed E-state index contributed by atoms with van der Waals surface area (Å²) < 4.78 is 5.67. The van der Waals surface area contributed by atoms with Gasteiger partial charge in [-0.1, -0.05) is 12.1 Å². The van der Waals surface area contributed by atoms with Gasteiger partial charge in [-0.2, -0.15) is 5.26 Å². The van der Waals surface area contributed by atoms with Gasteiger partial charge in [0.2, 0.25) is 0 Å². The summed E-state index contributed by atoms with van der Waals surface area (Å²) in [5.41, 5.74) is 2.77. The molecule has 1 aliphatic heterocycles. The van der Waals surface area contributed by atoms with Crippen LogP contribution >= 0.6 is 0 Å². The van der Waals surface area contributed by atoms with Crippen LogP contribution in [0, 0.1) is 18.3 Å². The smallest absolute Gasteiger partial charge is 0.101 e. The van der Waals surface area contributed by atoms with Crippen molar-refractivity contribution >= 4 is 5.69 Å². The van der Waals surface area contributed by atoms with Crippen molar-refractivity contribution in [2.75, 3.05) is 18.5 Å². The van der Waals surface area contributed by atoms with Crippen molar-refractivity contribution in [3.05, 3.63) is 29.3 Å². The number of nitrogens with zero attached hydrogens (tertiary/aromatic N) is 1. The van der Waals surface area contributed by atoms with E-state index in [1.165, 1.54) is 12.8 Å². The van der Waals surface area contributed by atoms with Crippen LogP contribution in [0.5, 0.6) is 0 Å². The number of anilines is 1. The first-order valence-electron chi connectivity index (χ1n) is 6.16. The first kappa shape index (κ1) is 11.9. The van der Waals surface area contributed by atoms with E-state index in [1.54, 1.807) is 0 Å². The molecule has 1 atom stereocenters. The number of hydrogen-bond donors (Lipinski definition) is 1. The Bertz CT molecular complexity index is 417. The van der Waals surface area contributed by atoms with E-state index in [2.05, 4.69) is 11.4 Å². The van der Waals surface area contributed by atoms with E-state index < -0.39 is 0 Å². The number of para-hydroxylation sites is 1. The zero-order valence-electron chi connectivity index (χ0n) is 10.2. The maximum absolute atomic E-state index is 9.06. The average Bonchev–Trinajstić information content (AvgIpc) is 2.38. The Kier molecular flexibility index (Phi) is 4.00. The monoisotopic (exact) mass is 230 g/mol. The second-order valence-corrected chi connectivity index (χ2v) is 4.48. The summed E-state index contributed by atoms with van der Waals surface area (Å²) in [6.45, 7) is 3.68. The van der Waals surface area contributed by atoms with Crippen LogP contribution in [0.1, 0.15) is 30.4 Å². The quantitative estimate of drug-likeness (QED) is 0.868. The van der Waals surface area contributed by atoms with E-state index in [0.29, 0.717) is 5.56 Å². The number of nitrogens with one attached hydrogen (secondary N) is 1. The van der Waals surface area contributed by atoms with Gasteiger partial charge in [0.05, 0.1) is 17.4 Å². The van der Waals surface area contributed by atoms with Crippen molar-refractivity contribution in [1.29, 1.82) is 5.26 Å². The topological polar surface area (TPSA) is 45.0 Å². The number of rotatable bonds is 3. The molecule has 3 heteroatoms. The molecule has 1 saturated heterocycles. The summed E-state index contributed by atoms with van der Waals surface area (Å²) >= 11 is 0. The Hall–Kier alpha value is -1.53. The number of nitriles is 1. The van der Waals surface area contributed by atoms with Crippen LogP contribution in [-0.4, -0.2) is 19.3 Å². The van der Waals surface area contributed by atoms with Gasteiger partial charge in [-0.15, -0.1) is 0 Å². The van der Waals surface area contributed by atoms with Crippen LogP contribution < -0.4 is 5.32 Å². The van der Waals surface area contributed by atoms with Gasteiger partial charge >= 0.3 is 0 Å². The molecule has 0 amide bonds. The van der Waals surface area contributed by atoms with Gasteiger partial charge < -0.3 is 10.1 Å². The van der Waals surface area contributed by atoms with Gasteiger partial charge in [-0.25, -0.2) is 0 Å². The van der Waals surface area contributed by atoms with Crippen molar-refractivity contribution in [1.82, 2.24) is 0 Å². The third-order valence-electron chi connectivity index (χ3n) is 3.17. The Morgan fingerprint density at radius 2 is 2.35 bits per heavy atom. The minimum absolute atomic E-state index is 0.287. The van der Waals surface area contributed by atoms with E-state index in [9.17, 15) is 0 Å². The summed E-state index contributed by atoms with van der Waals surface area (Å²) in [5.74, 6) is 0. The van der Waals surface area contributed by atoms with Gasteiger partial charge in [-0.3, -0.25) is 0 Å². The number of benzene rings is 1. The summed E-state index contributed by atoms with van der Waals surface area (Å²) in [4.78, 5) is 0. The van der Waals surface area contributed by atoms with Crippen LogP contribution in [0.25, 0.3) is 0 Å². The predicted octanol–water partition coefficient (Wildman–Crippen LogP) is 2.85. The van der Waals surface area contributed by atoms with Gasteiger partial charge in [0.1, 0.15) is 6.07 Å². The maximum Gasteiger partial charge on any atom is 0.101 e. The molecule has 1 unspecified atom stereocenters. The number of hydrogen-bond acceptors (Lipinski definition) is 3. The molecule has 1 aliphatic rings. The largest absolute Gasteiger partial charge is 0.381 e. The summed E-state index contributed by atoms with van der Waals surface area (Å²) in [7, 11) is 0. The Morgan fingerprint density at radius 1 is 1.47 bits per heavy atom. The molecule has 1 N–H and O–H groups in total. The van der Waals surface area contributed by atoms with Crippen LogP contribution in [0.4, 0.5) is 5.69 Å². The minimum atomic E-state index is 0.287. The third kappa shape index (κ3) is 2.98. The minimum Gasteiger partial charge on any atom is -0.381 e. The Morgan fingerprint density at radius 3 is 3.06 bits per heavy atom. The maximum atomic E-state index is 9.06. The summed E-state index contributed by atoms with van der Waals surface area (Å²) in [6, 6.07) is 8.00. The molecule has 17 heavy (non-hydrogen) atoms. The lowest BCUT2D eigenvalue weighted by Crippen LogP contribution is -2.27. The lowest BCUT2D eigenvalue weighted by atomic mass is 10.1. The van der Waals surface area contributed by atoms with Gasteiger partial charge in [0.15, 0.2) is 0 Å². The molecule has 90 valence electrons. The summed E-state index contributed by atoms with van der Waals surface area (Å²) in [6.07, 6.45) is 3.81.